The molecule has 0 saturated carbocycles. The Hall–Kier alpha value is -0.643. The average molecular weight is 252 g/mol. The summed E-state index contributed by atoms with van der Waals surface area (Å²) in [5.74, 6) is 0. The highest BCUT2D eigenvalue weighted by atomic mass is 28.3. The number of aliphatic hydroxyl groups excluding tert-OH is 2. The molecule has 0 heterocycles. The molecule has 0 fully saturated rings. The first-order chi connectivity index (χ1) is 7.71. The predicted molar refractivity (Wildman–Crippen MR) is 74.5 cm³/mol. The first kappa shape index (κ1) is 14.4. The maximum atomic E-state index is 10.6. The van der Waals surface area contributed by atoms with Gasteiger partial charge in [-0.15, -0.1) is 0 Å². The van der Waals surface area contributed by atoms with Gasteiger partial charge in [-0.1, -0.05) is 58.1 Å². The molecule has 1 aromatic carbocycles. The van der Waals surface area contributed by atoms with E-state index in [1.807, 2.05) is 24.3 Å². The summed E-state index contributed by atoms with van der Waals surface area (Å²) in [7, 11) is -1.85. The Morgan fingerprint density at radius 2 is 1.71 bits per heavy atom. The summed E-state index contributed by atoms with van der Waals surface area (Å²) in [5, 5.41) is 20.1. The zero-order valence-electron chi connectivity index (χ0n) is 11.5. The van der Waals surface area contributed by atoms with Crippen molar-refractivity contribution >= 4 is 8.07 Å². The zero-order valence-corrected chi connectivity index (χ0v) is 12.5. The molecule has 0 radical (unpaired) electrons. The van der Waals surface area contributed by atoms with Crippen LogP contribution in [0.4, 0.5) is 0 Å². The zero-order chi connectivity index (χ0) is 13.3. The second-order valence-electron chi connectivity index (χ2n) is 6.23. The monoisotopic (exact) mass is 252 g/mol. The Kier molecular flexibility index (Phi) is 4.18. The van der Waals surface area contributed by atoms with Crippen LogP contribution in [0.15, 0.2) is 24.3 Å². The van der Waals surface area contributed by atoms with Crippen molar-refractivity contribution in [3.8, 4) is 0 Å². The van der Waals surface area contributed by atoms with Gasteiger partial charge in [0, 0.05) is 0 Å². The van der Waals surface area contributed by atoms with Gasteiger partial charge in [-0.3, -0.25) is 0 Å². The summed E-state index contributed by atoms with van der Waals surface area (Å²) < 4.78 is 0. The van der Waals surface area contributed by atoms with Crippen LogP contribution in [0.25, 0.3) is 0 Å². The van der Waals surface area contributed by atoms with Crippen molar-refractivity contribution in [1.82, 2.24) is 0 Å². The molecular weight excluding hydrogens is 228 g/mol. The van der Waals surface area contributed by atoms with Gasteiger partial charge in [-0.25, -0.2) is 0 Å². The summed E-state index contributed by atoms with van der Waals surface area (Å²) in [4.78, 5) is 0. The molecule has 1 aromatic rings. The fourth-order valence-electron chi connectivity index (χ4n) is 1.74. The van der Waals surface area contributed by atoms with Crippen molar-refractivity contribution in [2.24, 2.45) is 0 Å². The molecule has 3 heteroatoms. The van der Waals surface area contributed by atoms with Crippen LogP contribution in [0.2, 0.25) is 18.1 Å². The molecule has 1 atom stereocenters. The smallest absolute Gasteiger partial charge is 0.0922 e. The third kappa shape index (κ3) is 2.79. The molecule has 2 nitrogen and oxygen atoms in total. The van der Waals surface area contributed by atoms with E-state index < -0.39 is 13.8 Å². The number of aliphatic hydroxyl groups is 2. The van der Waals surface area contributed by atoms with Crippen molar-refractivity contribution in [1.29, 1.82) is 0 Å². The third-order valence-electron chi connectivity index (χ3n) is 4.14. The van der Waals surface area contributed by atoms with Gasteiger partial charge >= 0.3 is 0 Å². The molecule has 0 amide bonds. The first-order valence-electron chi connectivity index (χ1n) is 6.08. The minimum absolute atomic E-state index is 0.0120. The molecule has 96 valence electrons. The van der Waals surface area contributed by atoms with Crippen LogP contribution in [-0.4, -0.2) is 18.3 Å². The molecule has 0 aliphatic carbocycles. The van der Waals surface area contributed by atoms with E-state index in [0.29, 0.717) is 0 Å². The van der Waals surface area contributed by atoms with E-state index in [1.54, 1.807) is 0 Å². The molecule has 0 aromatic heterocycles. The van der Waals surface area contributed by atoms with E-state index in [-0.39, 0.29) is 11.6 Å². The lowest BCUT2D eigenvalue weighted by Crippen LogP contribution is -2.44. The largest absolute Gasteiger partial charge is 0.392 e. The fraction of sp³-hybridized carbons (Fsp3) is 0.571. The van der Waals surface area contributed by atoms with Gasteiger partial charge in [0.25, 0.3) is 0 Å². The minimum Gasteiger partial charge on any atom is -0.392 e. The summed E-state index contributed by atoms with van der Waals surface area (Å²) in [6, 6.07) is 7.63. The van der Waals surface area contributed by atoms with Crippen LogP contribution in [0.5, 0.6) is 0 Å². The molecule has 0 bridgehead atoms. The van der Waals surface area contributed by atoms with Crippen LogP contribution < -0.4 is 0 Å². The SMILES string of the molecule is CC(C)(C)[Si](C)(C)C(O)c1ccccc1CO. The number of hydrogen-bond donors (Lipinski definition) is 2. The highest BCUT2D eigenvalue weighted by molar-refractivity contribution is 6.81. The van der Waals surface area contributed by atoms with Crippen molar-refractivity contribution in [2.75, 3.05) is 0 Å². The number of hydrogen-bond acceptors (Lipinski definition) is 2. The van der Waals surface area contributed by atoms with E-state index in [2.05, 4.69) is 33.9 Å². The molecule has 0 aliphatic rings. The van der Waals surface area contributed by atoms with Gasteiger partial charge in [-0.2, -0.15) is 0 Å². The van der Waals surface area contributed by atoms with Gasteiger partial charge in [0.15, 0.2) is 0 Å². The Balaban J connectivity index is 3.16. The maximum Gasteiger partial charge on any atom is 0.0922 e. The van der Waals surface area contributed by atoms with Crippen LogP contribution in [0.3, 0.4) is 0 Å². The van der Waals surface area contributed by atoms with E-state index in [4.69, 9.17) is 0 Å². The lowest BCUT2D eigenvalue weighted by atomic mass is 10.1. The highest BCUT2D eigenvalue weighted by Gasteiger charge is 2.42. The minimum atomic E-state index is -1.85. The molecule has 1 rings (SSSR count). The topological polar surface area (TPSA) is 40.5 Å². The summed E-state index contributed by atoms with van der Waals surface area (Å²) >= 11 is 0. The van der Waals surface area contributed by atoms with Gasteiger partial charge in [-0.05, 0) is 16.2 Å². The highest BCUT2D eigenvalue weighted by Crippen LogP contribution is 2.44. The van der Waals surface area contributed by atoms with Crippen LogP contribution in [-0.2, 0) is 6.61 Å². The van der Waals surface area contributed by atoms with E-state index in [9.17, 15) is 10.2 Å². The van der Waals surface area contributed by atoms with Gasteiger partial charge in [0.2, 0.25) is 0 Å². The van der Waals surface area contributed by atoms with E-state index >= 15 is 0 Å². The molecule has 0 saturated heterocycles. The number of rotatable bonds is 3. The standard InChI is InChI=1S/C14H24O2Si/c1-14(2,3)17(4,5)13(16)12-9-7-6-8-11(12)10-15/h6-9,13,15-16H,10H2,1-5H3. The molecule has 0 aliphatic heterocycles. The van der Waals surface area contributed by atoms with Crippen molar-refractivity contribution < 1.29 is 10.2 Å². The van der Waals surface area contributed by atoms with Gasteiger partial charge in [0.1, 0.15) is 0 Å². The lowest BCUT2D eigenvalue weighted by molar-refractivity contribution is 0.233. The fourth-order valence-corrected chi connectivity index (χ4v) is 3.62. The Morgan fingerprint density at radius 1 is 1.18 bits per heavy atom. The second kappa shape index (κ2) is 4.92. The quantitative estimate of drug-likeness (QED) is 0.811. The maximum absolute atomic E-state index is 10.6. The third-order valence-corrected chi connectivity index (χ3v) is 9.68. The Bertz CT molecular complexity index is 380. The van der Waals surface area contributed by atoms with E-state index in [1.165, 1.54) is 0 Å². The number of benzene rings is 1. The lowest BCUT2D eigenvalue weighted by Gasteiger charge is -2.41. The van der Waals surface area contributed by atoms with Gasteiger partial charge in [0.05, 0.1) is 20.4 Å². The Labute approximate surface area is 105 Å². The van der Waals surface area contributed by atoms with Crippen LogP contribution >= 0.6 is 0 Å². The first-order valence-corrected chi connectivity index (χ1v) is 9.16. The average Bonchev–Trinajstić information content (AvgIpc) is 2.26. The van der Waals surface area contributed by atoms with Crippen LogP contribution in [0.1, 0.15) is 37.6 Å². The molecule has 2 N–H and O–H groups in total. The molecule has 0 spiro atoms. The van der Waals surface area contributed by atoms with Crippen LogP contribution in [0, 0.1) is 0 Å². The summed E-state index contributed by atoms with van der Waals surface area (Å²) in [6.07, 6.45) is 0. The molecule has 1 unspecified atom stereocenters. The van der Waals surface area contributed by atoms with Crippen molar-refractivity contribution in [3.05, 3.63) is 35.4 Å². The summed E-state index contributed by atoms with van der Waals surface area (Å²) in [5.41, 5.74) is 1.29. The van der Waals surface area contributed by atoms with E-state index in [0.717, 1.165) is 11.1 Å². The molecule has 17 heavy (non-hydrogen) atoms. The Morgan fingerprint density at radius 3 is 2.18 bits per heavy atom. The summed E-state index contributed by atoms with van der Waals surface area (Å²) in [6.45, 7) is 10.9. The van der Waals surface area contributed by atoms with Crippen molar-refractivity contribution in [2.45, 2.75) is 51.2 Å². The normalized spacial score (nSPS) is 14.8. The van der Waals surface area contributed by atoms with Gasteiger partial charge < -0.3 is 10.2 Å². The second-order valence-corrected chi connectivity index (χ2v) is 11.7. The molecular formula is C14H24O2Si. The predicted octanol–water partition coefficient (Wildman–Crippen LogP) is 3.26. The van der Waals surface area contributed by atoms with Crippen molar-refractivity contribution in [3.63, 3.8) is 0 Å².